The number of fused-ring (bicyclic) bond motifs is 2. The molecule has 2 aliphatic heterocycles. The van der Waals surface area contributed by atoms with Crippen LogP contribution in [0, 0.1) is 27.7 Å². The van der Waals surface area contributed by atoms with E-state index in [2.05, 4.69) is 15.7 Å². The minimum Gasteiger partial charge on any atom is -0.478 e. The zero-order valence-corrected chi connectivity index (χ0v) is 55.7. The molecule has 22 nitrogen and oxygen atoms in total. The van der Waals surface area contributed by atoms with Gasteiger partial charge in [0.15, 0.2) is 11.9 Å². The van der Waals surface area contributed by atoms with Crippen LogP contribution in [-0.2, 0) is 60.6 Å². The zero-order valence-electron chi connectivity index (χ0n) is 52.7. The van der Waals surface area contributed by atoms with Crippen LogP contribution >= 0.6 is 40.5 Å². The van der Waals surface area contributed by atoms with E-state index in [-0.39, 0.29) is 74.3 Å². The largest absolute Gasteiger partial charge is 0.478 e. The molecule has 0 saturated heterocycles. The third-order valence-corrected chi connectivity index (χ3v) is 14.2. The molecule has 8 aromatic carbocycles. The van der Waals surface area contributed by atoms with Gasteiger partial charge in [-0.25, -0.2) is 43.3 Å². The second kappa shape index (κ2) is 37.3. The Morgan fingerprint density at radius 2 is 0.629 bits per heavy atom. The monoisotopic (exact) mass is 1380 g/mol. The van der Waals surface area contributed by atoms with Gasteiger partial charge in [0.2, 0.25) is 36.4 Å². The summed E-state index contributed by atoms with van der Waals surface area (Å²) in [5.74, 6) is -11.2. The molecular formula is C72H71N4O18S3+. The van der Waals surface area contributed by atoms with E-state index in [1.807, 2.05) is 109 Å². The van der Waals surface area contributed by atoms with Crippen molar-refractivity contribution >= 4 is 111 Å². The van der Waals surface area contributed by atoms with E-state index >= 15 is 0 Å². The number of ketones is 2. The number of nitrogens with zero attached hydrogens (tertiary/aromatic N) is 2. The first-order chi connectivity index (χ1) is 44.9. The first-order valence-corrected chi connectivity index (χ1v) is 29.0. The number of benzene rings is 8. The number of nitrogens with two attached hydrogens (primary N) is 1. The Hall–Kier alpha value is -10.8. The van der Waals surface area contributed by atoms with Crippen molar-refractivity contribution in [1.29, 1.82) is 0 Å². The molecule has 10 rings (SSSR count). The van der Waals surface area contributed by atoms with Crippen molar-refractivity contribution in [3.63, 3.8) is 0 Å². The Morgan fingerprint density at radius 3 is 0.907 bits per heavy atom. The molecule has 0 amide bonds. The molecule has 2 aliphatic rings. The first-order valence-electron chi connectivity index (χ1n) is 29.0. The van der Waals surface area contributed by atoms with Gasteiger partial charge in [-0.3, -0.25) is 14.6 Å². The van der Waals surface area contributed by atoms with Gasteiger partial charge in [0.1, 0.15) is 0 Å². The Labute approximate surface area is 578 Å². The van der Waals surface area contributed by atoms with Gasteiger partial charge in [-0.15, -0.1) is 0 Å². The van der Waals surface area contributed by atoms with Crippen LogP contribution in [0.15, 0.2) is 216 Å². The number of ether oxygens (including phenoxy) is 4. The number of quaternary nitrogens is 1. The van der Waals surface area contributed by atoms with Crippen LogP contribution in [0.2, 0.25) is 0 Å². The highest BCUT2D eigenvalue weighted by Gasteiger charge is 2.42. The Morgan fingerprint density at radius 1 is 0.381 bits per heavy atom. The normalized spacial score (nSPS) is 14.5. The summed E-state index contributed by atoms with van der Waals surface area (Å²) in [6.07, 6.45) is -9.44. The lowest BCUT2D eigenvalue weighted by molar-refractivity contribution is -0.400. The summed E-state index contributed by atoms with van der Waals surface area (Å²) >= 11 is 0. The first kappa shape index (κ1) is 78.6. The molecule has 97 heavy (non-hydrogen) atoms. The van der Waals surface area contributed by atoms with Gasteiger partial charge < -0.3 is 50.8 Å². The maximum Gasteiger partial charge on any atom is 0.349 e. The summed E-state index contributed by atoms with van der Waals surface area (Å²) in [7, 11) is 0. The van der Waals surface area contributed by atoms with Crippen LogP contribution < -0.4 is 11.5 Å². The van der Waals surface area contributed by atoms with Gasteiger partial charge in [0, 0.05) is 35.1 Å². The quantitative estimate of drug-likeness (QED) is 0.0395. The van der Waals surface area contributed by atoms with Gasteiger partial charge >= 0.3 is 47.8 Å². The number of aliphatic imine (C=N–C) groups is 2. The highest BCUT2D eigenvalue weighted by atomic mass is 32.1. The molecule has 0 bridgehead atoms. The predicted octanol–water partition coefficient (Wildman–Crippen LogP) is 7.94. The highest BCUT2D eigenvalue weighted by molar-refractivity contribution is 7.59. The van der Waals surface area contributed by atoms with Crippen LogP contribution in [0.5, 0.6) is 0 Å². The molecule has 8 aromatic rings. The van der Waals surface area contributed by atoms with Gasteiger partial charge in [0.25, 0.3) is 0 Å². The van der Waals surface area contributed by atoms with Crippen LogP contribution in [0.4, 0.5) is 0 Å². The van der Waals surface area contributed by atoms with Gasteiger partial charge in [-0.05, 0) is 87.4 Å². The molecule has 0 spiro atoms. The molecule has 0 fully saturated rings. The number of rotatable bonds is 16. The number of carboxylic acid groups (broad SMARTS) is 4. The van der Waals surface area contributed by atoms with E-state index < -0.39 is 84.5 Å². The summed E-state index contributed by atoms with van der Waals surface area (Å²) in [6, 6.07) is 59.7. The van der Waals surface area contributed by atoms with Crippen LogP contribution in [0.1, 0.15) is 97.1 Å². The van der Waals surface area contributed by atoms with E-state index in [1.54, 1.807) is 76.2 Å². The maximum absolute atomic E-state index is 12.2. The Balaban J connectivity index is 0.000000276. The molecule has 0 saturated carbocycles. The number of hydrogen-bond acceptors (Lipinski definition) is 17. The van der Waals surface area contributed by atoms with Crippen molar-refractivity contribution in [3.05, 3.63) is 284 Å². The molecule has 504 valence electrons. The highest BCUT2D eigenvalue weighted by Crippen LogP contribution is 2.23. The lowest BCUT2D eigenvalue weighted by Gasteiger charge is -2.21. The molecule has 0 aliphatic carbocycles. The lowest BCUT2D eigenvalue weighted by atomic mass is 9.96. The third-order valence-electron chi connectivity index (χ3n) is 14.2. The summed E-state index contributed by atoms with van der Waals surface area (Å²) in [6.45, 7) is 7.17. The second-order valence-electron chi connectivity index (χ2n) is 21.4. The molecule has 0 aromatic heterocycles. The summed E-state index contributed by atoms with van der Waals surface area (Å²) < 4.78 is 19.3. The average molecular weight is 1380 g/mol. The third kappa shape index (κ3) is 22.1. The van der Waals surface area contributed by atoms with Gasteiger partial charge in [-0.2, -0.15) is 40.5 Å². The topological polar surface area (TPSA) is 367 Å². The van der Waals surface area contributed by atoms with E-state index in [4.69, 9.17) is 24.7 Å². The number of aliphatic carboxylic acids is 4. The minimum absolute atomic E-state index is 0. The van der Waals surface area contributed by atoms with Crippen molar-refractivity contribution in [3.8, 4) is 0 Å². The molecule has 2 heterocycles. The predicted molar refractivity (Wildman–Crippen MR) is 372 cm³/mol. The molecule has 6 atom stereocenters. The van der Waals surface area contributed by atoms with E-state index in [9.17, 15) is 68.4 Å². The van der Waals surface area contributed by atoms with Gasteiger partial charge in [-0.1, -0.05) is 180 Å². The SMILES string of the molecule is Cc1ccc(C(=O)O[C@H](C(=O)O)[C@H](OC(=O)c2ccc(C)cc2)C(=O)O)cc1.Cc1ccc(C(=O)O[C@H](C(=O)O)[C@H](OC(=O)c2ccc(C)cc2)C(=O)O)cc1.NC1N=C(c2ccccc2)c2ccccc2CC1=O.S.S.S.[NH3+][C@H]1N=C(c2ccccc2)c2ccccc2CC1=O. The lowest BCUT2D eigenvalue weighted by Crippen LogP contribution is -2.64. The van der Waals surface area contributed by atoms with Gasteiger partial charge in [0.05, 0.1) is 33.7 Å². The van der Waals surface area contributed by atoms with Crippen LogP contribution in [0.25, 0.3) is 0 Å². The fourth-order valence-electron chi connectivity index (χ4n) is 9.10. The number of aryl methyl sites for hydroxylation is 4. The maximum atomic E-state index is 12.2. The number of carbonyl (C=O) groups is 10. The summed E-state index contributed by atoms with van der Waals surface area (Å²) in [4.78, 5) is 128. The summed E-state index contributed by atoms with van der Waals surface area (Å²) in [5, 5.41) is 37.3. The number of carbonyl (C=O) groups excluding carboxylic acids is 6. The van der Waals surface area contributed by atoms with Crippen LogP contribution in [-0.4, -0.2) is 128 Å². The molecular weight excluding hydrogens is 1310 g/mol. The molecule has 1 unspecified atom stereocenters. The summed E-state index contributed by atoms with van der Waals surface area (Å²) in [5.41, 5.74) is 21.0. The smallest absolute Gasteiger partial charge is 0.349 e. The van der Waals surface area contributed by atoms with Crippen molar-refractivity contribution < 1.29 is 93.1 Å². The standard InChI is InChI=1S/2C20H18O8.2C16H14N2O.3H2S/c2*1-11-3-7-13(8-4-11)19(25)27-15(17(21)22)16(18(23)24)28-20(26)14-9-5-12(2)6-10-14;2*17-16-14(19)10-12-8-4-5-9-13(12)15(18-16)11-6-2-1-3-7-11;;;/h2*3-10,15-16H,1-2H3,(H,21,22)(H,23,24);2*1-9,16H,10,17H2;3*1H2/p+1/t2*15-,16-;16-;;;;/m000..../s1. The Kier molecular flexibility index (Phi) is 30.2. The number of carboxylic acids is 4. The second-order valence-corrected chi connectivity index (χ2v) is 21.4. The molecule has 25 heteroatoms. The fourth-order valence-corrected chi connectivity index (χ4v) is 9.10. The molecule has 9 N–H and O–H groups in total. The van der Waals surface area contributed by atoms with Crippen molar-refractivity contribution in [2.75, 3.05) is 0 Å². The van der Waals surface area contributed by atoms with Crippen LogP contribution in [0.3, 0.4) is 0 Å². The number of esters is 4. The van der Waals surface area contributed by atoms with E-state index in [1.165, 1.54) is 48.5 Å². The van der Waals surface area contributed by atoms with Crippen molar-refractivity contribution in [1.82, 2.24) is 0 Å². The van der Waals surface area contributed by atoms with E-state index in [0.29, 0.717) is 12.8 Å². The zero-order chi connectivity index (χ0) is 68.2. The fraction of sp³-hybridized carbons (Fsp3) is 0.167. The minimum atomic E-state index is -2.22. The Bertz CT molecular complexity index is 3740. The van der Waals surface area contributed by atoms with E-state index in [0.717, 1.165) is 67.1 Å². The molecule has 0 radical (unpaired) electrons. The average Bonchev–Trinajstić information content (AvgIpc) is 1.75. The van der Waals surface area contributed by atoms with Crippen molar-refractivity contribution in [2.24, 2.45) is 15.7 Å². The van der Waals surface area contributed by atoms with Crippen molar-refractivity contribution in [2.45, 2.75) is 77.3 Å². The number of Topliss-reactive ketones (excluding diaryl/α,β-unsaturated/α-hetero) is 2. The number of hydrogen-bond donors (Lipinski definition) is 6.